The fourth-order valence-corrected chi connectivity index (χ4v) is 4.59. The van der Waals surface area contributed by atoms with Gasteiger partial charge in [0.25, 0.3) is 5.69 Å². The van der Waals surface area contributed by atoms with Crippen molar-refractivity contribution in [3.63, 3.8) is 0 Å². The maximum absolute atomic E-state index is 12.7. The van der Waals surface area contributed by atoms with Crippen molar-refractivity contribution >= 4 is 28.6 Å². The highest BCUT2D eigenvalue weighted by Crippen LogP contribution is 2.24. The number of carbonyl (C=O) groups excluding carboxylic acids is 1. The number of benzene rings is 1. The van der Waals surface area contributed by atoms with Gasteiger partial charge in [0.05, 0.1) is 11.5 Å². The first-order valence-electron chi connectivity index (χ1n) is 9.15. The molecule has 1 fully saturated rings. The average Bonchev–Trinajstić information content (AvgIpc) is 3.16. The number of nitro groups is 1. The molecule has 0 bridgehead atoms. The van der Waals surface area contributed by atoms with E-state index in [0.29, 0.717) is 6.54 Å². The lowest BCUT2D eigenvalue weighted by atomic mass is 10.1. The van der Waals surface area contributed by atoms with Gasteiger partial charge < -0.3 is 9.80 Å². The van der Waals surface area contributed by atoms with Gasteiger partial charge in [-0.2, -0.15) is 0 Å². The van der Waals surface area contributed by atoms with Crippen LogP contribution in [0.2, 0.25) is 0 Å². The third-order valence-electron chi connectivity index (χ3n) is 5.32. The fourth-order valence-electron chi connectivity index (χ4n) is 3.70. The van der Waals surface area contributed by atoms with E-state index in [4.69, 9.17) is 0 Å². The zero-order valence-corrected chi connectivity index (χ0v) is 15.9. The molecule has 3 heterocycles. The molecule has 1 saturated heterocycles. The Morgan fingerprint density at radius 1 is 1.07 bits per heavy atom. The van der Waals surface area contributed by atoms with E-state index in [1.54, 1.807) is 35.6 Å². The third-order valence-corrected chi connectivity index (χ3v) is 6.34. The highest BCUT2D eigenvalue weighted by atomic mass is 32.1. The van der Waals surface area contributed by atoms with Gasteiger partial charge in [-0.05, 0) is 35.6 Å². The Hall–Kier alpha value is -2.45. The molecule has 1 aromatic carbocycles. The molecule has 1 aromatic heterocycles. The predicted octanol–water partition coefficient (Wildman–Crippen LogP) is 2.36. The van der Waals surface area contributed by atoms with Crippen LogP contribution in [0.15, 0.2) is 35.7 Å². The Kier molecular flexibility index (Phi) is 5.09. The van der Waals surface area contributed by atoms with Crippen LogP contribution in [0.25, 0.3) is 0 Å². The van der Waals surface area contributed by atoms with Crippen LogP contribution >= 0.6 is 11.3 Å². The van der Waals surface area contributed by atoms with Gasteiger partial charge in [-0.1, -0.05) is 0 Å². The first kappa shape index (κ1) is 17.9. The standard InChI is InChI=1S/C19H22N4O3S/c24-19(22-7-5-18-15(13-22)6-12-27-18)14-20-8-10-21(11-9-20)16-1-3-17(4-2-16)23(25)26/h1-4,6,12H,5,7-11,13-14H2. The molecule has 2 aromatic rings. The van der Waals surface area contributed by atoms with Gasteiger partial charge >= 0.3 is 0 Å². The summed E-state index contributed by atoms with van der Waals surface area (Å²) in [6, 6.07) is 8.80. The van der Waals surface area contributed by atoms with Crippen LogP contribution in [-0.2, 0) is 17.8 Å². The van der Waals surface area contributed by atoms with Gasteiger partial charge in [-0.15, -0.1) is 11.3 Å². The molecule has 0 saturated carbocycles. The maximum Gasteiger partial charge on any atom is 0.269 e. The minimum atomic E-state index is -0.382. The van der Waals surface area contributed by atoms with E-state index in [1.165, 1.54) is 10.4 Å². The molecule has 27 heavy (non-hydrogen) atoms. The lowest BCUT2D eigenvalue weighted by molar-refractivity contribution is -0.384. The summed E-state index contributed by atoms with van der Waals surface area (Å²) in [4.78, 5) is 30.8. The summed E-state index contributed by atoms with van der Waals surface area (Å²) >= 11 is 1.78. The molecule has 2 aliphatic heterocycles. The van der Waals surface area contributed by atoms with Gasteiger partial charge in [-0.3, -0.25) is 19.8 Å². The molecule has 0 spiro atoms. The molecular formula is C19H22N4O3S. The van der Waals surface area contributed by atoms with E-state index in [1.807, 2.05) is 4.90 Å². The number of hydrogen-bond donors (Lipinski definition) is 0. The maximum atomic E-state index is 12.7. The number of fused-ring (bicyclic) bond motifs is 1. The van der Waals surface area contributed by atoms with Crippen LogP contribution in [0.1, 0.15) is 10.4 Å². The second kappa shape index (κ2) is 7.66. The van der Waals surface area contributed by atoms with Gasteiger partial charge in [-0.25, -0.2) is 0 Å². The quantitative estimate of drug-likeness (QED) is 0.596. The normalized spacial score (nSPS) is 17.6. The SMILES string of the molecule is O=C(CN1CCN(c2ccc([N+](=O)[O-])cc2)CC1)N1CCc2sccc2C1. The van der Waals surface area contributed by atoms with Crippen molar-refractivity contribution in [3.8, 4) is 0 Å². The predicted molar refractivity (Wildman–Crippen MR) is 105 cm³/mol. The summed E-state index contributed by atoms with van der Waals surface area (Å²) in [6.07, 6.45) is 0.965. The molecule has 8 heteroatoms. The Bertz CT molecular complexity index is 828. The van der Waals surface area contributed by atoms with Crippen LogP contribution in [0.3, 0.4) is 0 Å². The van der Waals surface area contributed by atoms with Crippen LogP contribution < -0.4 is 4.90 Å². The number of hydrogen-bond acceptors (Lipinski definition) is 6. The topological polar surface area (TPSA) is 69.9 Å². The second-order valence-corrected chi connectivity index (χ2v) is 7.97. The lowest BCUT2D eigenvalue weighted by Crippen LogP contribution is -2.50. The van der Waals surface area contributed by atoms with E-state index in [0.717, 1.165) is 51.4 Å². The molecule has 0 unspecified atom stereocenters. The zero-order chi connectivity index (χ0) is 18.8. The van der Waals surface area contributed by atoms with Crippen molar-refractivity contribution < 1.29 is 9.72 Å². The largest absolute Gasteiger partial charge is 0.369 e. The number of non-ortho nitro benzene ring substituents is 1. The molecule has 0 atom stereocenters. The van der Waals surface area contributed by atoms with Crippen molar-refractivity contribution in [2.75, 3.05) is 44.2 Å². The van der Waals surface area contributed by atoms with Gasteiger partial charge in [0.15, 0.2) is 0 Å². The third kappa shape index (κ3) is 3.96. The summed E-state index contributed by atoms with van der Waals surface area (Å²) in [5, 5.41) is 12.9. The average molecular weight is 386 g/mol. The highest BCUT2D eigenvalue weighted by Gasteiger charge is 2.25. The van der Waals surface area contributed by atoms with E-state index in [9.17, 15) is 14.9 Å². The number of nitro benzene ring substituents is 1. The molecule has 1 amide bonds. The second-order valence-electron chi connectivity index (χ2n) is 6.97. The Balaban J connectivity index is 1.28. The van der Waals surface area contributed by atoms with Crippen LogP contribution in [0.5, 0.6) is 0 Å². The minimum Gasteiger partial charge on any atom is -0.369 e. The Morgan fingerprint density at radius 3 is 2.52 bits per heavy atom. The molecule has 2 aliphatic rings. The number of anilines is 1. The van der Waals surface area contributed by atoms with Crippen molar-refractivity contribution in [3.05, 3.63) is 56.3 Å². The monoisotopic (exact) mass is 386 g/mol. The first-order chi connectivity index (χ1) is 13.1. The van der Waals surface area contributed by atoms with E-state index < -0.39 is 0 Å². The number of carbonyl (C=O) groups is 1. The van der Waals surface area contributed by atoms with Crippen molar-refractivity contribution in [2.45, 2.75) is 13.0 Å². The summed E-state index contributed by atoms with van der Waals surface area (Å²) in [6.45, 7) is 5.29. The number of piperazine rings is 1. The minimum absolute atomic E-state index is 0.110. The molecule has 4 rings (SSSR count). The summed E-state index contributed by atoms with van der Waals surface area (Å²) < 4.78 is 0. The van der Waals surface area contributed by atoms with E-state index >= 15 is 0 Å². The highest BCUT2D eigenvalue weighted by molar-refractivity contribution is 7.10. The number of nitrogens with zero attached hydrogens (tertiary/aromatic N) is 4. The fraction of sp³-hybridized carbons (Fsp3) is 0.421. The molecule has 0 aliphatic carbocycles. The molecule has 0 radical (unpaired) electrons. The molecular weight excluding hydrogens is 364 g/mol. The summed E-state index contributed by atoms with van der Waals surface area (Å²) in [7, 11) is 0. The van der Waals surface area contributed by atoms with Gasteiger partial charge in [0.1, 0.15) is 0 Å². The van der Waals surface area contributed by atoms with E-state index in [-0.39, 0.29) is 16.5 Å². The van der Waals surface area contributed by atoms with Gasteiger partial charge in [0.2, 0.25) is 5.91 Å². The summed E-state index contributed by atoms with van der Waals surface area (Å²) in [5.74, 6) is 0.204. The summed E-state index contributed by atoms with van der Waals surface area (Å²) in [5.41, 5.74) is 2.40. The molecule has 0 N–H and O–H groups in total. The number of rotatable bonds is 4. The van der Waals surface area contributed by atoms with Crippen molar-refractivity contribution in [1.82, 2.24) is 9.80 Å². The van der Waals surface area contributed by atoms with Gasteiger partial charge in [0, 0.05) is 62.0 Å². The molecule has 142 valence electrons. The first-order valence-corrected chi connectivity index (χ1v) is 10.0. The van der Waals surface area contributed by atoms with Crippen LogP contribution in [0.4, 0.5) is 11.4 Å². The number of thiophene rings is 1. The Morgan fingerprint density at radius 2 is 1.81 bits per heavy atom. The Labute approximate surface area is 161 Å². The smallest absolute Gasteiger partial charge is 0.269 e. The molecule has 7 nitrogen and oxygen atoms in total. The number of amides is 1. The van der Waals surface area contributed by atoms with Crippen LogP contribution in [-0.4, -0.2) is 59.9 Å². The lowest BCUT2D eigenvalue weighted by Gasteiger charge is -2.37. The van der Waals surface area contributed by atoms with E-state index in [2.05, 4.69) is 21.2 Å². The van der Waals surface area contributed by atoms with Crippen molar-refractivity contribution in [1.29, 1.82) is 0 Å². The zero-order valence-electron chi connectivity index (χ0n) is 15.0. The van der Waals surface area contributed by atoms with Crippen molar-refractivity contribution in [2.24, 2.45) is 0 Å². The van der Waals surface area contributed by atoms with Crippen LogP contribution in [0, 0.1) is 10.1 Å².